The number of aldehydes is 1. The fourth-order valence-corrected chi connectivity index (χ4v) is 1.67. The Balaban J connectivity index is 4.11. The highest BCUT2D eigenvalue weighted by Crippen LogP contribution is 2.34. The Morgan fingerprint density at radius 2 is 2.00 bits per heavy atom. The van der Waals surface area contributed by atoms with Crippen LogP contribution in [0.25, 0.3) is 0 Å². The highest BCUT2D eigenvalue weighted by atomic mass is 35.5. The standard InChI is InChI=1S/C5H9Cl2O3P/c1-3(4(6)2-8)5(7)11(9)10/h2-5,11H,1H3,(H,9,10). The minimum atomic E-state index is -2.79. The van der Waals surface area contributed by atoms with Gasteiger partial charge in [0.2, 0.25) is 8.03 Å². The molecule has 66 valence electrons. The molecule has 0 heterocycles. The number of hydrogen-bond donors (Lipinski definition) is 1. The first-order valence-electron chi connectivity index (χ1n) is 2.97. The van der Waals surface area contributed by atoms with Gasteiger partial charge in [0.1, 0.15) is 11.4 Å². The molecule has 0 amide bonds. The molecule has 11 heavy (non-hydrogen) atoms. The van der Waals surface area contributed by atoms with Gasteiger partial charge in [0, 0.05) is 5.92 Å². The van der Waals surface area contributed by atoms with Crippen molar-refractivity contribution >= 4 is 37.5 Å². The molecule has 4 unspecified atom stereocenters. The minimum Gasteiger partial charge on any atom is -0.345 e. The maximum Gasteiger partial charge on any atom is 0.206 e. The molecule has 4 atom stereocenters. The van der Waals surface area contributed by atoms with Gasteiger partial charge in [-0.1, -0.05) is 6.92 Å². The van der Waals surface area contributed by atoms with E-state index in [2.05, 4.69) is 0 Å². The van der Waals surface area contributed by atoms with E-state index in [1.54, 1.807) is 6.92 Å². The van der Waals surface area contributed by atoms with Crippen LogP contribution in [0.5, 0.6) is 0 Å². The van der Waals surface area contributed by atoms with Crippen LogP contribution in [-0.2, 0) is 9.36 Å². The topological polar surface area (TPSA) is 54.4 Å². The van der Waals surface area contributed by atoms with E-state index in [-0.39, 0.29) is 0 Å². The monoisotopic (exact) mass is 218 g/mol. The minimum absolute atomic E-state index is 0.479. The van der Waals surface area contributed by atoms with Gasteiger partial charge in [-0.15, -0.1) is 23.2 Å². The van der Waals surface area contributed by atoms with E-state index < -0.39 is 24.4 Å². The van der Waals surface area contributed by atoms with E-state index >= 15 is 0 Å². The van der Waals surface area contributed by atoms with Crippen molar-refractivity contribution in [1.29, 1.82) is 0 Å². The summed E-state index contributed by atoms with van der Waals surface area (Å²) in [5.41, 5.74) is 0. The Labute approximate surface area is 75.6 Å². The van der Waals surface area contributed by atoms with Crippen molar-refractivity contribution in [3.05, 3.63) is 0 Å². The summed E-state index contributed by atoms with van der Waals surface area (Å²) in [6, 6.07) is 0. The van der Waals surface area contributed by atoms with E-state index in [0.717, 1.165) is 0 Å². The van der Waals surface area contributed by atoms with Crippen LogP contribution in [0.3, 0.4) is 0 Å². The first kappa shape index (κ1) is 11.4. The lowest BCUT2D eigenvalue weighted by molar-refractivity contribution is -0.108. The molecule has 3 nitrogen and oxygen atoms in total. The van der Waals surface area contributed by atoms with Crippen LogP contribution in [0.2, 0.25) is 0 Å². The second-order valence-electron chi connectivity index (χ2n) is 2.18. The van der Waals surface area contributed by atoms with Crippen molar-refractivity contribution in [2.75, 3.05) is 0 Å². The lowest BCUT2D eigenvalue weighted by Gasteiger charge is -2.15. The third kappa shape index (κ3) is 3.57. The third-order valence-corrected chi connectivity index (χ3v) is 3.79. The van der Waals surface area contributed by atoms with Crippen molar-refractivity contribution < 1.29 is 14.3 Å². The van der Waals surface area contributed by atoms with Gasteiger partial charge in [0.05, 0.1) is 5.38 Å². The van der Waals surface area contributed by atoms with Crippen molar-refractivity contribution in [3.8, 4) is 0 Å². The van der Waals surface area contributed by atoms with Crippen LogP contribution >= 0.6 is 31.2 Å². The average molecular weight is 219 g/mol. The summed E-state index contributed by atoms with van der Waals surface area (Å²) >= 11 is 10.9. The highest BCUT2D eigenvalue weighted by molar-refractivity contribution is 7.41. The molecule has 0 aliphatic carbocycles. The molecular formula is C5H9Cl2O3P. The summed E-state index contributed by atoms with van der Waals surface area (Å²) < 4.78 is 10.4. The Morgan fingerprint density at radius 3 is 2.27 bits per heavy atom. The van der Waals surface area contributed by atoms with Crippen molar-refractivity contribution in [1.82, 2.24) is 0 Å². The smallest absolute Gasteiger partial charge is 0.206 e. The predicted molar refractivity (Wildman–Crippen MR) is 45.7 cm³/mol. The van der Waals surface area contributed by atoms with Gasteiger partial charge in [0.25, 0.3) is 0 Å². The van der Waals surface area contributed by atoms with Gasteiger partial charge in [0.15, 0.2) is 0 Å². The zero-order valence-corrected chi connectivity index (χ0v) is 8.34. The van der Waals surface area contributed by atoms with Crippen LogP contribution in [0.15, 0.2) is 0 Å². The van der Waals surface area contributed by atoms with E-state index in [1.807, 2.05) is 0 Å². The number of hydrogen-bond acceptors (Lipinski definition) is 2. The number of carbonyl (C=O) groups excluding carboxylic acids is 1. The third-order valence-electron chi connectivity index (χ3n) is 1.33. The second-order valence-corrected chi connectivity index (χ2v) is 4.82. The Hall–Kier alpha value is 0.440. The van der Waals surface area contributed by atoms with E-state index in [9.17, 15) is 9.36 Å². The molecule has 0 spiro atoms. The zero-order chi connectivity index (χ0) is 9.02. The van der Waals surface area contributed by atoms with Crippen molar-refractivity contribution in [2.24, 2.45) is 5.92 Å². The number of carbonyl (C=O) groups is 1. The van der Waals surface area contributed by atoms with Crippen molar-refractivity contribution in [3.63, 3.8) is 0 Å². The van der Waals surface area contributed by atoms with Gasteiger partial charge in [-0.25, -0.2) is 0 Å². The zero-order valence-electron chi connectivity index (χ0n) is 5.83. The van der Waals surface area contributed by atoms with Gasteiger partial charge in [-0.3, -0.25) is 4.57 Å². The van der Waals surface area contributed by atoms with E-state index in [1.165, 1.54) is 0 Å². The first-order chi connectivity index (χ1) is 5.00. The molecule has 0 saturated carbocycles. The largest absolute Gasteiger partial charge is 0.345 e. The van der Waals surface area contributed by atoms with Crippen LogP contribution in [0.1, 0.15) is 6.92 Å². The summed E-state index contributed by atoms with van der Waals surface area (Å²) in [4.78, 5) is 18.7. The summed E-state index contributed by atoms with van der Waals surface area (Å²) in [7, 11) is -2.79. The first-order valence-corrected chi connectivity index (χ1v) is 5.27. The van der Waals surface area contributed by atoms with Crippen molar-refractivity contribution in [2.45, 2.75) is 17.4 Å². The molecule has 0 aliphatic rings. The summed E-state index contributed by atoms with van der Waals surface area (Å²) in [6.45, 7) is 1.56. The molecule has 6 heteroatoms. The summed E-state index contributed by atoms with van der Waals surface area (Å²) in [6.07, 6.45) is 0.506. The molecule has 0 rings (SSSR count). The summed E-state index contributed by atoms with van der Waals surface area (Å²) in [5.74, 6) is -0.479. The molecule has 0 aromatic rings. The summed E-state index contributed by atoms with van der Waals surface area (Å²) in [5, 5.41) is -1.72. The molecule has 0 radical (unpaired) electrons. The van der Waals surface area contributed by atoms with Gasteiger partial charge in [-0.2, -0.15) is 0 Å². The lowest BCUT2D eigenvalue weighted by atomic mass is 10.1. The average Bonchev–Trinajstić information content (AvgIpc) is 2.00. The second kappa shape index (κ2) is 5.15. The van der Waals surface area contributed by atoms with Crippen LogP contribution in [0.4, 0.5) is 0 Å². The molecule has 0 fully saturated rings. The predicted octanol–water partition coefficient (Wildman–Crippen LogP) is 1.46. The quantitative estimate of drug-likeness (QED) is 0.442. The normalized spacial score (nSPS) is 21.8. The SMILES string of the molecule is CC(C(Cl)C=O)C(Cl)[PH](=O)O. The fraction of sp³-hybridized carbons (Fsp3) is 0.800. The van der Waals surface area contributed by atoms with E-state index in [4.69, 9.17) is 28.1 Å². The molecule has 0 aliphatic heterocycles. The molecular weight excluding hydrogens is 210 g/mol. The van der Waals surface area contributed by atoms with Gasteiger partial charge in [-0.05, 0) is 0 Å². The maximum atomic E-state index is 10.4. The van der Waals surface area contributed by atoms with Crippen LogP contribution < -0.4 is 0 Å². The van der Waals surface area contributed by atoms with Gasteiger partial charge < -0.3 is 9.69 Å². The molecule has 0 aromatic heterocycles. The Morgan fingerprint density at radius 1 is 1.55 bits per heavy atom. The number of halogens is 2. The Bertz CT molecular complexity index is 164. The fourth-order valence-electron chi connectivity index (χ4n) is 0.510. The lowest BCUT2D eigenvalue weighted by Crippen LogP contribution is -2.20. The van der Waals surface area contributed by atoms with Crippen LogP contribution in [-0.4, -0.2) is 21.7 Å². The maximum absolute atomic E-state index is 10.4. The van der Waals surface area contributed by atoms with E-state index in [0.29, 0.717) is 6.29 Å². The molecule has 0 aromatic carbocycles. The molecule has 0 bridgehead atoms. The molecule has 1 N–H and O–H groups in total. The van der Waals surface area contributed by atoms with Crippen LogP contribution in [0, 0.1) is 5.92 Å². The van der Waals surface area contributed by atoms with Gasteiger partial charge >= 0.3 is 0 Å². The number of rotatable bonds is 4. The highest BCUT2D eigenvalue weighted by Gasteiger charge is 2.25. The number of alkyl halides is 2. The Kier molecular flexibility index (Phi) is 5.36. The molecule has 0 saturated heterocycles.